The van der Waals surface area contributed by atoms with Gasteiger partial charge in [-0.25, -0.2) is 0 Å². The molecule has 0 bridgehead atoms. The minimum Gasteiger partial charge on any atom is -0.457 e. The molecule has 26 heavy (non-hydrogen) atoms. The second-order valence-corrected chi connectivity index (χ2v) is 5.67. The molecule has 1 unspecified atom stereocenters. The zero-order valence-corrected chi connectivity index (χ0v) is 13.8. The van der Waals surface area contributed by atoms with Crippen LogP contribution in [0.5, 0.6) is 11.5 Å². The van der Waals surface area contributed by atoms with E-state index in [0.717, 1.165) is 0 Å². The molecule has 8 nitrogen and oxygen atoms in total. The molecular weight excluding hydrogens is 336 g/mol. The van der Waals surface area contributed by atoms with Crippen molar-refractivity contribution >= 4 is 5.91 Å². The van der Waals surface area contributed by atoms with Gasteiger partial charge in [0.25, 0.3) is 5.91 Å². The van der Waals surface area contributed by atoms with Crippen molar-refractivity contribution in [3.8, 4) is 11.5 Å². The van der Waals surface area contributed by atoms with Crippen LogP contribution in [0.15, 0.2) is 59.6 Å². The highest BCUT2D eigenvalue weighted by Crippen LogP contribution is 2.25. The van der Waals surface area contributed by atoms with E-state index >= 15 is 0 Å². The Bertz CT molecular complexity index is 870. The van der Waals surface area contributed by atoms with Crippen LogP contribution >= 0.6 is 0 Å². The van der Waals surface area contributed by atoms with E-state index in [0.29, 0.717) is 37.1 Å². The number of rotatable bonds is 4. The van der Waals surface area contributed by atoms with Crippen molar-refractivity contribution in [3.05, 3.63) is 66.6 Å². The molecule has 0 aliphatic carbocycles. The number of morpholine rings is 1. The number of aromatic nitrogens is 3. The van der Waals surface area contributed by atoms with E-state index in [1.165, 1.54) is 6.39 Å². The zero-order chi connectivity index (χ0) is 17.8. The SMILES string of the molecule is O=C(c1cc(Oc2ccccc2)ccn1)N1CCOCC1c1ncon1. The average molecular weight is 352 g/mol. The van der Waals surface area contributed by atoms with Crippen LogP contribution < -0.4 is 4.74 Å². The molecule has 1 amide bonds. The van der Waals surface area contributed by atoms with Crippen LogP contribution in [-0.2, 0) is 4.74 Å². The van der Waals surface area contributed by atoms with E-state index in [1.807, 2.05) is 30.3 Å². The summed E-state index contributed by atoms with van der Waals surface area (Å²) in [4.78, 5) is 22.9. The smallest absolute Gasteiger partial charge is 0.273 e. The number of ether oxygens (including phenoxy) is 2. The van der Waals surface area contributed by atoms with E-state index in [1.54, 1.807) is 23.2 Å². The summed E-state index contributed by atoms with van der Waals surface area (Å²) in [7, 11) is 0. The number of para-hydroxylation sites is 1. The first-order chi connectivity index (χ1) is 12.8. The van der Waals surface area contributed by atoms with E-state index in [4.69, 9.17) is 14.0 Å². The fourth-order valence-electron chi connectivity index (χ4n) is 2.75. The van der Waals surface area contributed by atoms with Crippen molar-refractivity contribution in [3.63, 3.8) is 0 Å². The topological polar surface area (TPSA) is 90.6 Å². The standard InChI is InChI=1S/C18H16N4O4/c23-18(22-8-9-24-11-16(22)17-20-12-25-21-17)15-10-14(6-7-19-15)26-13-4-2-1-3-5-13/h1-7,10,12,16H,8-9,11H2. The molecule has 3 heterocycles. The second-order valence-electron chi connectivity index (χ2n) is 5.67. The highest BCUT2D eigenvalue weighted by Gasteiger charge is 2.32. The van der Waals surface area contributed by atoms with Crippen molar-refractivity contribution in [2.24, 2.45) is 0 Å². The first-order valence-corrected chi connectivity index (χ1v) is 8.15. The summed E-state index contributed by atoms with van der Waals surface area (Å²) in [6.45, 7) is 1.18. The van der Waals surface area contributed by atoms with Gasteiger partial charge in [-0.2, -0.15) is 4.98 Å². The van der Waals surface area contributed by atoms with Crippen molar-refractivity contribution in [1.29, 1.82) is 0 Å². The molecule has 0 N–H and O–H groups in total. The van der Waals surface area contributed by atoms with E-state index < -0.39 is 6.04 Å². The molecule has 3 aromatic rings. The molecular formula is C18H16N4O4. The van der Waals surface area contributed by atoms with Crippen molar-refractivity contribution in [2.75, 3.05) is 19.8 Å². The van der Waals surface area contributed by atoms with Gasteiger partial charge in [0.15, 0.2) is 5.82 Å². The molecule has 132 valence electrons. The van der Waals surface area contributed by atoms with E-state index in [2.05, 4.69) is 15.1 Å². The molecule has 2 aromatic heterocycles. The third kappa shape index (κ3) is 3.40. The van der Waals surface area contributed by atoms with Crippen LogP contribution in [0.1, 0.15) is 22.4 Å². The molecule has 4 rings (SSSR count). The van der Waals surface area contributed by atoms with Gasteiger partial charge in [0.05, 0.1) is 13.2 Å². The largest absolute Gasteiger partial charge is 0.457 e. The minimum atomic E-state index is -0.407. The number of carbonyl (C=O) groups is 1. The molecule has 1 aromatic carbocycles. The Kier molecular flexibility index (Phi) is 4.57. The molecule has 1 saturated heterocycles. The van der Waals surface area contributed by atoms with Crippen molar-refractivity contribution < 1.29 is 18.8 Å². The number of pyridine rings is 1. The Morgan fingerprint density at radius 2 is 2.04 bits per heavy atom. The van der Waals surface area contributed by atoms with Gasteiger partial charge in [-0.1, -0.05) is 23.4 Å². The Labute approximate surface area is 149 Å². The lowest BCUT2D eigenvalue weighted by atomic mass is 10.2. The van der Waals surface area contributed by atoms with Gasteiger partial charge < -0.3 is 18.9 Å². The maximum atomic E-state index is 13.0. The lowest BCUT2D eigenvalue weighted by Crippen LogP contribution is -2.44. The molecule has 1 aliphatic rings. The van der Waals surface area contributed by atoms with Gasteiger partial charge in [0, 0.05) is 18.8 Å². The Balaban J connectivity index is 1.56. The van der Waals surface area contributed by atoms with Gasteiger partial charge in [-0.15, -0.1) is 0 Å². The predicted molar refractivity (Wildman–Crippen MR) is 89.6 cm³/mol. The quantitative estimate of drug-likeness (QED) is 0.712. The Morgan fingerprint density at radius 1 is 1.15 bits per heavy atom. The fourth-order valence-corrected chi connectivity index (χ4v) is 2.75. The summed E-state index contributed by atoms with van der Waals surface area (Å²) in [5.41, 5.74) is 0.286. The van der Waals surface area contributed by atoms with Crippen LogP contribution in [0.25, 0.3) is 0 Å². The van der Waals surface area contributed by atoms with Crippen LogP contribution in [0, 0.1) is 0 Å². The number of benzene rings is 1. The van der Waals surface area contributed by atoms with Crippen LogP contribution in [-0.4, -0.2) is 45.7 Å². The first kappa shape index (κ1) is 16.2. The van der Waals surface area contributed by atoms with Gasteiger partial charge in [0.2, 0.25) is 6.39 Å². The molecule has 1 atom stereocenters. The summed E-state index contributed by atoms with van der Waals surface area (Å²) in [5, 5.41) is 3.83. The van der Waals surface area contributed by atoms with Crippen LogP contribution in [0.4, 0.5) is 0 Å². The Hall–Kier alpha value is -3.26. The van der Waals surface area contributed by atoms with Gasteiger partial charge in [0.1, 0.15) is 23.2 Å². The average Bonchev–Trinajstić information content (AvgIpc) is 3.23. The lowest BCUT2D eigenvalue weighted by molar-refractivity contribution is -0.00608. The second kappa shape index (κ2) is 7.32. The van der Waals surface area contributed by atoms with Crippen LogP contribution in [0.2, 0.25) is 0 Å². The zero-order valence-electron chi connectivity index (χ0n) is 13.8. The molecule has 0 spiro atoms. The number of hydrogen-bond acceptors (Lipinski definition) is 7. The monoisotopic (exact) mass is 352 g/mol. The van der Waals surface area contributed by atoms with E-state index in [9.17, 15) is 4.79 Å². The van der Waals surface area contributed by atoms with Gasteiger partial charge >= 0.3 is 0 Å². The van der Waals surface area contributed by atoms with E-state index in [-0.39, 0.29) is 11.6 Å². The summed E-state index contributed by atoms with van der Waals surface area (Å²) < 4.78 is 16.0. The highest BCUT2D eigenvalue weighted by atomic mass is 16.5. The summed E-state index contributed by atoms with van der Waals surface area (Å²) in [6.07, 6.45) is 2.79. The molecule has 0 saturated carbocycles. The first-order valence-electron chi connectivity index (χ1n) is 8.15. The molecule has 0 radical (unpaired) electrons. The van der Waals surface area contributed by atoms with Crippen molar-refractivity contribution in [2.45, 2.75) is 6.04 Å². The number of carbonyl (C=O) groups excluding carboxylic acids is 1. The summed E-state index contributed by atoms with van der Waals surface area (Å²) in [5.74, 6) is 1.41. The number of hydrogen-bond donors (Lipinski definition) is 0. The third-order valence-electron chi connectivity index (χ3n) is 4.00. The molecule has 8 heteroatoms. The number of nitrogens with zero attached hydrogens (tertiary/aromatic N) is 4. The highest BCUT2D eigenvalue weighted by molar-refractivity contribution is 5.93. The Morgan fingerprint density at radius 3 is 2.85 bits per heavy atom. The van der Waals surface area contributed by atoms with Crippen LogP contribution in [0.3, 0.4) is 0 Å². The lowest BCUT2D eigenvalue weighted by Gasteiger charge is -2.33. The number of amides is 1. The van der Waals surface area contributed by atoms with Crippen molar-refractivity contribution in [1.82, 2.24) is 20.0 Å². The normalized spacial score (nSPS) is 17.1. The minimum absolute atomic E-state index is 0.235. The fraction of sp³-hybridized carbons (Fsp3) is 0.222. The molecule has 1 aliphatic heterocycles. The maximum absolute atomic E-state index is 13.0. The third-order valence-corrected chi connectivity index (χ3v) is 4.00. The van der Waals surface area contributed by atoms with Gasteiger partial charge in [-0.3, -0.25) is 9.78 Å². The summed E-state index contributed by atoms with van der Waals surface area (Å²) in [6, 6.07) is 12.3. The predicted octanol–water partition coefficient (Wildman–Crippen LogP) is 2.47. The molecule has 1 fully saturated rings. The maximum Gasteiger partial charge on any atom is 0.273 e. The summed E-state index contributed by atoms with van der Waals surface area (Å²) >= 11 is 0. The van der Waals surface area contributed by atoms with Gasteiger partial charge in [-0.05, 0) is 18.2 Å².